The molecule has 0 saturated carbocycles. The van der Waals surface area contributed by atoms with Gasteiger partial charge in [0.15, 0.2) is 12.2 Å². The molecular weight excluding hydrogens is 443 g/mol. The van der Waals surface area contributed by atoms with Crippen molar-refractivity contribution in [3.8, 4) is 5.75 Å². The van der Waals surface area contributed by atoms with E-state index in [2.05, 4.69) is 0 Å². The lowest BCUT2D eigenvalue weighted by Gasteiger charge is -2.41. The highest BCUT2D eigenvalue weighted by atomic mass is 19.1. The minimum absolute atomic E-state index is 0.0997. The number of esters is 3. The Labute approximate surface area is 187 Å². The lowest BCUT2D eigenvalue weighted by Crippen LogP contribution is -2.61. The van der Waals surface area contributed by atoms with Crippen molar-refractivity contribution in [2.45, 2.75) is 58.5 Å². The maximum atomic E-state index is 15.4. The Hall–Kier alpha value is -3.47. The van der Waals surface area contributed by atoms with Crippen LogP contribution in [0.15, 0.2) is 33.5 Å². The summed E-state index contributed by atoms with van der Waals surface area (Å²) in [6.45, 7) is 4.64. The maximum absolute atomic E-state index is 15.4. The summed E-state index contributed by atoms with van der Waals surface area (Å²) in [7, 11) is 0. The quantitative estimate of drug-likeness (QED) is 0.354. The highest BCUT2D eigenvalue weighted by molar-refractivity contribution is 5.81. The molecule has 10 nitrogen and oxygen atoms in total. The predicted octanol–water partition coefficient (Wildman–Crippen LogP) is 1.97. The van der Waals surface area contributed by atoms with Gasteiger partial charge in [-0.05, 0) is 24.6 Å². The van der Waals surface area contributed by atoms with Crippen LogP contribution < -0.4 is 10.4 Å². The van der Waals surface area contributed by atoms with Crippen molar-refractivity contribution in [1.82, 2.24) is 0 Å². The van der Waals surface area contributed by atoms with E-state index in [0.717, 1.165) is 20.8 Å². The van der Waals surface area contributed by atoms with Gasteiger partial charge in [0.25, 0.3) is 0 Å². The Bertz CT molecular complexity index is 1110. The van der Waals surface area contributed by atoms with E-state index in [1.165, 1.54) is 18.2 Å². The number of carbonyl (C=O) groups is 3. The summed E-state index contributed by atoms with van der Waals surface area (Å²) in [5, 5.41) is 0.656. The molecule has 0 N–H and O–H groups in total. The zero-order chi connectivity index (χ0) is 24.3. The van der Waals surface area contributed by atoms with Crippen LogP contribution in [0.1, 0.15) is 26.3 Å². The van der Waals surface area contributed by atoms with Gasteiger partial charge in [0.2, 0.25) is 12.5 Å². The van der Waals surface area contributed by atoms with Crippen molar-refractivity contribution in [2.24, 2.45) is 0 Å². The van der Waals surface area contributed by atoms with Gasteiger partial charge in [0.1, 0.15) is 24.0 Å². The topological polar surface area (TPSA) is 128 Å². The fraction of sp³-hybridized carbons (Fsp3) is 0.455. The molecule has 178 valence electrons. The Morgan fingerprint density at radius 1 is 1.00 bits per heavy atom. The van der Waals surface area contributed by atoms with Gasteiger partial charge in [-0.25, -0.2) is 9.18 Å². The zero-order valence-corrected chi connectivity index (χ0v) is 18.4. The van der Waals surface area contributed by atoms with E-state index < -0.39 is 60.9 Å². The minimum atomic E-state index is -2.08. The second-order valence-electron chi connectivity index (χ2n) is 7.46. The first-order valence-electron chi connectivity index (χ1n) is 10.0. The lowest BCUT2D eigenvalue weighted by molar-refractivity contribution is -0.271. The molecule has 5 atom stereocenters. The number of hydrogen-bond acceptors (Lipinski definition) is 10. The van der Waals surface area contributed by atoms with Gasteiger partial charge in [0.05, 0.1) is 0 Å². The second-order valence-corrected chi connectivity index (χ2v) is 7.46. The van der Waals surface area contributed by atoms with Gasteiger partial charge in [-0.15, -0.1) is 0 Å². The van der Waals surface area contributed by atoms with Crippen LogP contribution in [0, 0.1) is 6.92 Å². The van der Waals surface area contributed by atoms with Gasteiger partial charge < -0.3 is 28.1 Å². The molecule has 0 aliphatic carbocycles. The molecule has 11 heteroatoms. The third-order valence-electron chi connectivity index (χ3n) is 4.80. The Morgan fingerprint density at radius 3 is 2.30 bits per heavy atom. The fourth-order valence-electron chi connectivity index (χ4n) is 3.47. The highest BCUT2D eigenvalue weighted by Gasteiger charge is 2.52. The molecule has 0 amide bonds. The maximum Gasteiger partial charge on any atom is 0.336 e. The van der Waals surface area contributed by atoms with Crippen molar-refractivity contribution in [2.75, 3.05) is 6.61 Å². The largest absolute Gasteiger partial charge is 0.463 e. The number of alkyl halides is 1. The molecule has 0 bridgehead atoms. The van der Waals surface area contributed by atoms with Crippen molar-refractivity contribution < 1.29 is 46.9 Å². The minimum Gasteiger partial charge on any atom is -0.463 e. The molecule has 1 aromatic heterocycles. The summed E-state index contributed by atoms with van der Waals surface area (Å²) in [6, 6.07) is 5.87. The highest BCUT2D eigenvalue weighted by Crippen LogP contribution is 2.31. The first-order valence-corrected chi connectivity index (χ1v) is 10.0. The summed E-state index contributed by atoms with van der Waals surface area (Å²) >= 11 is 0. The third kappa shape index (κ3) is 5.86. The van der Waals surface area contributed by atoms with Gasteiger partial charge in [0, 0.05) is 38.3 Å². The second kappa shape index (κ2) is 9.99. The van der Waals surface area contributed by atoms with Crippen LogP contribution in [0.5, 0.6) is 5.75 Å². The van der Waals surface area contributed by atoms with Gasteiger partial charge >= 0.3 is 23.5 Å². The van der Waals surface area contributed by atoms with E-state index in [4.69, 9.17) is 28.1 Å². The van der Waals surface area contributed by atoms with Crippen LogP contribution in [0.4, 0.5) is 4.39 Å². The first kappa shape index (κ1) is 24.2. The Balaban J connectivity index is 1.92. The summed E-state index contributed by atoms with van der Waals surface area (Å²) in [6.07, 6.45) is -7.88. The van der Waals surface area contributed by atoms with E-state index in [1.54, 1.807) is 13.0 Å². The van der Waals surface area contributed by atoms with E-state index in [1.807, 2.05) is 0 Å². The molecule has 2 aromatic rings. The molecule has 0 radical (unpaired) electrons. The number of aryl methyl sites for hydroxylation is 1. The van der Waals surface area contributed by atoms with Crippen LogP contribution in [0.3, 0.4) is 0 Å². The monoisotopic (exact) mass is 466 g/mol. The van der Waals surface area contributed by atoms with E-state index in [0.29, 0.717) is 10.9 Å². The molecule has 3 rings (SSSR count). The van der Waals surface area contributed by atoms with Crippen LogP contribution in [0.2, 0.25) is 0 Å². The van der Waals surface area contributed by atoms with Gasteiger partial charge in [-0.3, -0.25) is 14.4 Å². The lowest BCUT2D eigenvalue weighted by atomic mass is 9.99. The SMILES string of the molecule is CC(=O)OC[C@H]1O[C@H](Oc2ccc3c(C)cc(=O)oc3c2)[C@@H](F)[C@@H](OC(C)=O)[C@@H]1OC(C)=O. The van der Waals surface area contributed by atoms with Gasteiger partial charge in [-0.2, -0.15) is 0 Å². The smallest absolute Gasteiger partial charge is 0.336 e. The fourth-order valence-corrected chi connectivity index (χ4v) is 3.47. The van der Waals surface area contributed by atoms with Crippen LogP contribution >= 0.6 is 0 Å². The molecule has 1 saturated heterocycles. The molecule has 1 aromatic carbocycles. The molecule has 1 fully saturated rings. The van der Waals surface area contributed by atoms with E-state index in [-0.39, 0.29) is 11.3 Å². The summed E-state index contributed by atoms with van der Waals surface area (Å²) in [5.41, 5.74) is 0.343. The summed E-state index contributed by atoms with van der Waals surface area (Å²) in [5.74, 6) is -2.15. The predicted molar refractivity (Wildman–Crippen MR) is 109 cm³/mol. The average molecular weight is 466 g/mol. The molecule has 1 aliphatic rings. The number of ether oxygens (including phenoxy) is 5. The number of benzene rings is 1. The van der Waals surface area contributed by atoms with Crippen LogP contribution in [-0.2, 0) is 33.3 Å². The molecular formula is C22H23FO10. The van der Waals surface area contributed by atoms with Crippen LogP contribution in [-0.4, -0.2) is 55.3 Å². The average Bonchev–Trinajstić information content (AvgIpc) is 2.70. The molecule has 0 unspecified atom stereocenters. The number of fused-ring (bicyclic) bond motifs is 1. The molecule has 2 heterocycles. The van der Waals surface area contributed by atoms with Gasteiger partial charge in [-0.1, -0.05) is 0 Å². The molecule has 33 heavy (non-hydrogen) atoms. The van der Waals surface area contributed by atoms with Crippen molar-refractivity contribution in [1.29, 1.82) is 0 Å². The Morgan fingerprint density at radius 2 is 1.67 bits per heavy atom. The summed E-state index contributed by atoms with van der Waals surface area (Å²) < 4.78 is 46.9. The number of hydrogen-bond donors (Lipinski definition) is 0. The molecule has 1 aliphatic heterocycles. The number of carbonyl (C=O) groups excluding carboxylic acids is 3. The normalized spacial score (nSPS) is 24.7. The van der Waals surface area contributed by atoms with E-state index >= 15 is 4.39 Å². The van der Waals surface area contributed by atoms with E-state index in [9.17, 15) is 19.2 Å². The third-order valence-corrected chi connectivity index (χ3v) is 4.80. The van der Waals surface area contributed by atoms with Crippen molar-refractivity contribution in [3.63, 3.8) is 0 Å². The van der Waals surface area contributed by atoms with Crippen molar-refractivity contribution >= 4 is 28.9 Å². The Kier molecular flexibility index (Phi) is 7.32. The number of rotatable bonds is 6. The van der Waals surface area contributed by atoms with Crippen LogP contribution in [0.25, 0.3) is 11.0 Å². The zero-order valence-electron chi connectivity index (χ0n) is 18.4. The first-order chi connectivity index (χ1) is 15.5. The standard InChI is InChI=1S/C22H23FO10/c1-10-7-18(27)32-16-8-14(5-6-15(10)16)31-22-19(23)21(30-13(4)26)20(29-12(3)25)17(33-22)9-28-11(2)24/h5-8,17,19-22H,9H2,1-4H3/t17-,19+,20-,21-,22+/m1/s1. The summed E-state index contributed by atoms with van der Waals surface area (Å²) in [4.78, 5) is 46.1. The van der Waals surface area contributed by atoms with Crippen molar-refractivity contribution in [3.05, 3.63) is 40.2 Å². The molecule has 0 spiro atoms. The number of halogens is 1.